The van der Waals surface area contributed by atoms with Crippen LogP contribution in [0.4, 0.5) is 0 Å². The molecule has 1 N–H and O–H groups in total. The molecule has 4 nitrogen and oxygen atoms in total. The third kappa shape index (κ3) is 2.70. The fourth-order valence-electron chi connectivity index (χ4n) is 1.93. The van der Waals surface area contributed by atoms with Gasteiger partial charge in [0.25, 0.3) is 0 Å². The molecule has 3 atom stereocenters. The lowest BCUT2D eigenvalue weighted by atomic mass is 10.1. The van der Waals surface area contributed by atoms with E-state index in [0.717, 1.165) is 0 Å². The molecule has 0 saturated heterocycles. The second-order valence-corrected chi connectivity index (χ2v) is 4.41. The predicted octanol–water partition coefficient (Wildman–Crippen LogP) is 2.24. The highest BCUT2D eigenvalue weighted by molar-refractivity contribution is 5.77. The van der Waals surface area contributed by atoms with E-state index in [9.17, 15) is 9.90 Å². The van der Waals surface area contributed by atoms with Crippen molar-refractivity contribution in [1.82, 2.24) is 0 Å². The van der Waals surface area contributed by atoms with Crippen molar-refractivity contribution in [2.24, 2.45) is 5.92 Å². The van der Waals surface area contributed by atoms with Crippen LogP contribution >= 0.6 is 0 Å². The Labute approximate surface area is 100 Å². The number of esters is 1. The van der Waals surface area contributed by atoms with E-state index < -0.39 is 5.92 Å². The second-order valence-electron chi connectivity index (χ2n) is 4.41. The van der Waals surface area contributed by atoms with Gasteiger partial charge < -0.3 is 14.6 Å². The molecule has 0 spiro atoms. The molecule has 2 rings (SSSR count). The largest absolute Gasteiger partial charge is 0.504 e. The van der Waals surface area contributed by atoms with Gasteiger partial charge >= 0.3 is 5.97 Å². The average molecular weight is 236 g/mol. The fourth-order valence-corrected chi connectivity index (χ4v) is 1.93. The van der Waals surface area contributed by atoms with Crippen molar-refractivity contribution in [2.45, 2.75) is 32.5 Å². The minimum atomic E-state index is -0.464. The molecule has 0 amide bonds. The molecule has 0 fully saturated rings. The first-order valence-electron chi connectivity index (χ1n) is 5.73. The summed E-state index contributed by atoms with van der Waals surface area (Å²) < 4.78 is 10.9. The Morgan fingerprint density at radius 1 is 1.18 bits per heavy atom. The van der Waals surface area contributed by atoms with Crippen molar-refractivity contribution in [3.05, 3.63) is 35.8 Å². The smallest absolute Gasteiger partial charge is 0.316 e. The number of fused-ring (bicyclic) bond motifs is 2. The topological polar surface area (TPSA) is 55.8 Å². The number of aliphatic hydroxyl groups excluding tert-OH is 1. The minimum absolute atomic E-state index is 0.0398. The van der Waals surface area contributed by atoms with E-state index in [2.05, 4.69) is 0 Å². The van der Waals surface area contributed by atoms with Gasteiger partial charge in [0.2, 0.25) is 0 Å². The third-order valence-electron chi connectivity index (χ3n) is 2.75. The van der Waals surface area contributed by atoms with Gasteiger partial charge in [-0.15, -0.1) is 0 Å². The maximum absolute atomic E-state index is 11.8. The Kier molecular flexibility index (Phi) is 3.22. The molecule has 0 unspecified atom stereocenters. The van der Waals surface area contributed by atoms with Crippen LogP contribution in [0.2, 0.25) is 0 Å². The fraction of sp³-hybridized carbons (Fsp3) is 0.462. The van der Waals surface area contributed by atoms with Gasteiger partial charge in [0.15, 0.2) is 11.5 Å². The van der Waals surface area contributed by atoms with Crippen LogP contribution in [0.1, 0.15) is 20.3 Å². The number of carbonyl (C=O) groups excluding carboxylic acids is 1. The summed E-state index contributed by atoms with van der Waals surface area (Å²) in [5, 5.41) is 9.74. The van der Waals surface area contributed by atoms with Crippen molar-refractivity contribution in [2.75, 3.05) is 0 Å². The number of hydrogen-bond acceptors (Lipinski definition) is 4. The van der Waals surface area contributed by atoms with E-state index in [0.29, 0.717) is 12.2 Å². The molecular weight excluding hydrogens is 220 g/mol. The van der Waals surface area contributed by atoms with Gasteiger partial charge in [-0.2, -0.15) is 0 Å². The van der Waals surface area contributed by atoms with Gasteiger partial charge in [0.05, 0.1) is 12.0 Å². The molecular formula is C13H16O4. The summed E-state index contributed by atoms with van der Waals surface area (Å²) >= 11 is 0. The van der Waals surface area contributed by atoms with Crippen LogP contribution in [0.15, 0.2) is 35.8 Å². The van der Waals surface area contributed by atoms with Crippen LogP contribution < -0.4 is 0 Å². The van der Waals surface area contributed by atoms with Gasteiger partial charge in [-0.05, 0) is 26.0 Å². The molecule has 1 aliphatic heterocycles. The second kappa shape index (κ2) is 4.65. The zero-order valence-corrected chi connectivity index (χ0v) is 9.92. The first-order chi connectivity index (χ1) is 8.06. The molecule has 0 saturated carbocycles. The van der Waals surface area contributed by atoms with E-state index >= 15 is 0 Å². The summed E-state index contributed by atoms with van der Waals surface area (Å²) in [4.78, 5) is 11.8. The van der Waals surface area contributed by atoms with Crippen LogP contribution in [0.3, 0.4) is 0 Å². The number of rotatable bonds is 0. The lowest BCUT2D eigenvalue weighted by Crippen LogP contribution is -2.25. The van der Waals surface area contributed by atoms with Crippen molar-refractivity contribution >= 4 is 5.97 Å². The molecule has 1 aliphatic carbocycles. The first-order valence-corrected chi connectivity index (χ1v) is 5.73. The highest BCUT2D eigenvalue weighted by Gasteiger charge is 2.23. The van der Waals surface area contributed by atoms with Crippen molar-refractivity contribution in [3.63, 3.8) is 0 Å². The Morgan fingerprint density at radius 3 is 2.59 bits per heavy atom. The maximum Gasteiger partial charge on any atom is 0.316 e. The monoisotopic (exact) mass is 236 g/mol. The van der Waals surface area contributed by atoms with E-state index in [-0.39, 0.29) is 23.9 Å². The Bertz CT molecular complexity index is 406. The van der Waals surface area contributed by atoms with E-state index in [1.165, 1.54) is 6.08 Å². The number of carbonyl (C=O) groups is 1. The Hall–Kier alpha value is -1.71. The van der Waals surface area contributed by atoms with Crippen molar-refractivity contribution < 1.29 is 19.4 Å². The summed E-state index contributed by atoms with van der Waals surface area (Å²) in [6, 6.07) is 0. The molecule has 2 aliphatic rings. The summed E-state index contributed by atoms with van der Waals surface area (Å²) in [5.74, 6) is -0.321. The standard InChI is InChI=1S/C13H16O4/c1-8-7-9(2)17-13(15)10-3-5-11(14)12(16-8)6-4-10/h3-6,8-10,14H,7H2,1-2H3/t8-,9-,10+/m0/s1. The van der Waals surface area contributed by atoms with Crippen LogP contribution in [-0.4, -0.2) is 23.3 Å². The Morgan fingerprint density at radius 2 is 1.82 bits per heavy atom. The van der Waals surface area contributed by atoms with E-state index in [4.69, 9.17) is 9.47 Å². The summed E-state index contributed by atoms with van der Waals surface area (Å²) in [5.41, 5.74) is 0. The van der Waals surface area contributed by atoms with Gasteiger partial charge in [-0.3, -0.25) is 4.79 Å². The lowest BCUT2D eigenvalue weighted by Gasteiger charge is -2.21. The van der Waals surface area contributed by atoms with E-state index in [1.807, 2.05) is 13.8 Å². The normalized spacial score (nSPS) is 33.1. The highest BCUT2D eigenvalue weighted by Crippen LogP contribution is 2.22. The summed E-state index contributed by atoms with van der Waals surface area (Å²) in [7, 11) is 0. The third-order valence-corrected chi connectivity index (χ3v) is 2.75. The SMILES string of the molecule is C[C@H]1C[C@H](C)OC2=C(O)C=C[C@H](C=C2)C(=O)O1. The predicted molar refractivity (Wildman–Crippen MR) is 62.1 cm³/mol. The zero-order chi connectivity index (χ0) is 12.4. The van der Waals surface area contributed by atoms with Gasteiger partial charge in [-0.25, -0.2) is 0 Å². The quantitative estimate of drug-likeness (QED) is 0.655. The average Bonchev–Trinajstić information content (AvgIpc) is 2.41. The van der Waals surface area contributed by atoms with Crippen molar-refractivity contribution in [3.8, 4) is 0 Å². The lowest BCUT2D eigenvalue weighted by molar-refractivity contribution is -0.151. The Balaban J connectivity index is 2.34. The molecule has 2 bridgehead atoms. The number of ether oxygens (including phenoxy) is 2. The van der Waals surface area contributed by atoms with Crippen LogP contribution in [0, 0.1) is 5.92 Å². The van der Waals surface area contributed by atoms with Crippen LogP contribution in [0.25, 0.3) is 0 Å². The molecule has 0 radical (unpaired) electrons. The van der Waals surface area contributed by atoms with Crippen LogP contribution in [-0.2, 0) is 14.3 Å². The minimum Gasteiger partial charge on any atom is -0.504 e. The van der Waals surface area contributed by atoms with Crippen molar-refractivity contribution in [1.29, 1.82) is 0 Å². The summed E-state index contributed by atoms with van der Waals surface area (Å²) in [6.45, 7) is 3.72. The molecule has 1 heterocycles. The number of hydrogen-bond donors (Lipinski definition) is 1. The molecule has 92 valence electrons. The van der Waals surface area contributed by atoms with E-state index in [1.54, 1.807) is 18.2 Å². The van der Waals surface area contributed by atoms with Gasteiger partial charge in [0.1, 0.15) is 6.10 Å². The van der Waals surface area contributed by atoms with Gasteiger partial charge in [-0.1, -0.05) is 12.2 Å². The number of allylic oxidation sites excluding steroid dienone is 2. The molecule has 4 heteroatoms. The maximum atomic E-state index is 11.8. The van der Waals surface area contributed by atoms with Crippen LogP contribution in [0.5, 0.6) is 0 Å². The zero-order valence-electron chi connectivity index (χ0n) is 9.92. The molecule has 0 aromatic heterocycles. The highest BCUT2D eigenvalue weighted by atomic mass is 16.5. The first kappa shape index (κ1) is 11.8. The molecule has 17 heavy (non-hydrogen) atoms. The van der Waals surface area contributed by atoms with Gasteiger partial charge in [0, 0.05) is 6.42 Å². The summed E-state index contributed by atoms with van der Waals surface area (Å²) in [6.07, 6.45) is 6.65. The number of cyclic esters (lactones) is 1. The molecule has 0 aromatic rings. The molecule has 0 aromatic carbocycles. The number of aliphatic hydroxyl groups is 1.